The van der Waals surface area contributed by atoms with Crippen LogP contribution >= 0.6 is 0 Å². The summed E-state index contributed by atoms with van der Waals surface area (Å²) in [7, 11) is 0. The third-order valence-electron chi connectivity index (χ3n) is 2.32. The molecule has 0 amide bonds. The van der Waals surface area contributed by atoms with Crippen LogP contribution in [0.1, 0.15) is 59.3 Å². The average molecular weight is 258 g/mol. The maximum absolute atomic E-state index is 11.4. The van der Waals surface area contributed by atoms with Gasteiger partial charge in [0, 0.05) is 25.7 Å². The number of Topliss-reactive ketones (excluding diaryl/α,β-unsaturated/α-hetero) is 1. The topological polar surface area (TPSA) is 69.7 Å². The fraction of sp³-hybridized carbons (Fsp3) is 0.769. The third kappa shape index (κ3) is 7.81. The highest BCUT2D eigenvalue weighted by atomic mass is 16.7. The van der Waals surface area contributed by atoms with Gasteiger partial charge in [0.15, 0.2) is 0 Å². The van der Waals surface area contributed by atoms with E-state index in [0.29, 0.717) is 25.7 Å². The first-order valence-electron chi connectivity index (χ1n) is 6.44. The van der Waals surface area contributed by atoms with Crippen molar-refractivity contribution in [2.24, 2.45) is 0 Å². The van der Waals surface area contributed by atoms with E-state index >= 15 is 0 Å². The summed E-state index contributed by atoms with van der Waals surface area (Å²) in [5.41, 5.74) is 0. The lowest BCUT2D eigenvalue weighted by atomic mass is 10.2. The van der Waals surface area contributed by atoms with Gasteiger partial charge < -0.3 is 9.47 Å². The van der Waals surface area contributed by atoms with Crippen LogP contribution in [0.5, 0.6) is 0 Å². The van der Waals surface area contributed by atoms with Crippen LogP contribution in [0.3, 0.4) is 0 Å². The molecule has 0 aromatic rings. The van der Waals surface area contributed by atoms with Gasteiger partial charge in [-0.25, -0.2) is 0 Å². The summed E-state index contributed by atoms with van der Waals surface area (Å²) in [6.45, 7) is 5.37. The Morgan fingerprint density at radius 3 is 1.89 bits per heavy atom. The Morgan fingerprint density at radius 2 is 1.44 bits per heavy atom. The SMILES string of the molecule is CCCC(=O)OC(CC)OC(=O)CCC(=O)CC. The van der Waals surface area contributed by atoms with Crippen molar-refractivity contribution in [3.8, 4) is 0 Å². The van der Waals surface area contributed by atoms with Gasteiger partial charge in [-0.3, -0.25) is 14.4 Å². The maximum Gasteiger partial charge on any atom is 0.309 e. The molecule has 0 aromatic carbocycles. The molecule has 18 heavy (non-hydrogen) atoms. The second-order valence-electron chi connectivity index (χ2n) is 3.96. The fourth-order valence-corrected chi connectivity index (χ4v) is 1.22. The van der Waals surface area contributed by atoms with E-state index in [-0.39, 0.29) is 24.6 Å². The molecule has 0 aliphatic heterocycles. The molecule has 0 aliphatic carbocycles. The second-order valence-corrected chi connectivity index (χ2v) is 3.96. The number of ketones is 1. The molecule has 0 aliphatic rings. The van der Waals surface area contributed by atoms with E-state index in [1.54, 1.807) is 13.8 Å². The molecule has 0 heterocycles. The molecule has 0 saturated carbocycles. The van der Waals surface area contributed by atoms with Gasteiger partial charge in [-0.1, -0.05) is 20.8 Å². The lowest BCUT2D eigenvalue weighted by molar-refractivity contribution is -0.188. The number of hydrogen-bond acceptors (Lipinski definition) is 5. The van der Waals surface area contributed by atoms with Crippen molar-refractivity contribution in [3.63, 3.8) is 0 Å². The molecule has 0 N–H and O–H groups in total. The van der Waals surface area contributed by atoms with Crippen LogP contribution in [0, 0.1) is 0 Å². The molecule has 0 rings (SSSR count). The van der Waals surface area contributed by atoms with Crippen molar-refractivity contribution in [2.75, 3.05) is 0 Å². The third-order valence-corrected chi connectivity index (χ3v) is 2.32. The molecule has 1 atom stereocenters. The molecule has 0 radical (unpaired) electrons. The van der Waals surface area contributed by atoms with E-state index in [9.17, 15) is 14.4 Å². The summed E-state index contributed by atoms with van der Waals surface area (Å²) in [4.78, 5) is 33.7. The van der Waals surface area contributed by atoms with Crippen LogP contribution in [0.15, 0.2) is 0 Å². The smallest absolute Gasteiger partial charge is 0.309 e. The van der Waals surface area contributed by atoms with Gasteiger partial charge in [-0.15, -0.1) is 0 Å². The maximum atomic E-state index is 11.4. The van der Waals surface area contributed by atoms with Crippen molar-refractivity contribution in [1.82, 2.24) is 0 Å². The molecule has 0 saturated heterocycles. The summed E-state index contributed by atoms with van der Waals surface area (Å²) in [5, 5.41) is 0. The van der Waals surface area contributed by atoms with E-state index in [4.69, 9.17) is 9.47 Å². The molecule has 0 bridgehead atoms. The van der Waals surface area contributed by atoms with Crippen molar-refractivity contribution < 1.29 is 23.9 Å². The number of hydrogen-bond donors (Lipinski definition) is 0. The fourth-order valence-electron chi connectivity index (χ4n) is 1.22. The minimum Gasteiger partial charge on any atom is -0.425 e. The van der Waals surface area contributed by atoms with Gasteiger partial charge >= 0.3 is 11.9 Å². The van der Waals surface area contributed by atoms with Crippen LogP contribution in [-0.2, 0) is 23.9 Å². The Hall–Kier alpha value is -1.39. The largest absolute Gasteiger partial charge is 0.425 e. The van der Waals surface area contributed by atoms with Gasteiger partial charge in [-0.05, 0) is 6.42 Å². The summed E-state index contributed by atoms with van der Waals surface area (Å²) in [6.07, 6.45) is 1.19. The van der Waals surface area contributed by atoms with Crippen LogP contribution < -0.4 is 0 Å². The van der Waals surface area contributed by atoms with Crippen molar-refractivity contribution in [1.29, 1.82) is 0 Å². The zero-order valence-corrected chi connectivity index (χ0v) is 11.4. The van der Waals surface area contributed by atoms with E-state index in [2.05, 4.69) is 0 Å². The summed E-state index contributed by atoms with van der Waals surface area (Å²) in [6, 6.07) is 0. The van der Waals surface area contributed by atoms with Crippen LogP contribution in [0.25, 0.3) is 0 Å². The monoisotopic (exact) mass is 258 g/mol. The first kappa shape index (κ1) is 16.6. The van der Waals surface area contributed by atoms with Crippen molar-refractivity contribution in [3.05, 3.63) is 0 Å². The Bertz CT molecular complexity index is 285. The van der Waals surface area contributed by atoms with E-state index in [1.165, 1.54) is 0 Å². The predicted molar refractivity (Wildman–Crippen MR) is 65.7 cm³/mol. The van der Waals surface area contributed by atoms with Crippen LogP contribution in [0.4, 0.5) is 0 Å². The molecule has 5 heteroatoms. The number of carbonyl (C=O) groups is 3. The molecule has 5 nitrogen and oxygen atoms in total. The minimum atomic E-state index is -0.840. The highest BCUT2D eigenvalue weighted by molar-refractivity contribution is 5.82. The standard InChI is InChI=1S/C13H22O5/c1-4-7-11(15)17-13(6-3)18-12(16)9-8-10(14)5-2/h13H,4-9H2,1-3H3. The number of esters is 2. The van der Waals surface area contributed by atoms with Crippen LogP contribution in [-0.4, -0.2) is 24.0 Å². The van der Waals surface area contributed by atoms with Crippen molar-refractivity contribution >= 4 is 17.7 Å². The summed E-state index contributed by atoms with van der Waals surface area (Å²) < 4.78 is 9.95. The molecular formula is C13H22O5. The second kappa shape index (κ2) is 9.62. The Kier molecular flexibility index (Phi) is 8.88. The highest BCUT2D eigenvalue weighted by Crippen LogP contribution is 2.07. The number of rotatable bonds is 9. The highest BCUT2D eigenvalue weighted by Gasteiger charge is 2.17. The first-order valence-corrected chi connectivity index (χ1v) is 6.44. The molecular weight excluding hydrogens is 236 g/mol. The minimum absolute atomic E-state index is 0.0166. The van der Waals surface area contributed by atoms with E-state index in [1.807, 2.05) is 6.92 Å². The quantitative estimate of drug-likeness (QED) is 0.469. The van der Waals surface area contributed by atoms with Crippen LogP contribution in [0.2, 0.25) is 0 Å². The van der Waals surface area contributed by atoms with Gasteiger partial charge in [0.25, 0.3) is 0 Å². The Morgan fingerprint density at radius 1 is 0.889 bits per heavy atom. The lowest BCUT2D eigenvalue weighted by Gasteiger charge is -2.16. The average Bonchev–Trinajstić information content (AvgIpc) is 2.35. The van der Waals surface area contributed by atoms with Gasteiger partial charge in [0.1, 0.15) is 5.78 Å². The lowest BCUT2D eigenvalue weighted by Crippen LogP contribution is -2.24. The predicted octanol–water partition coefficient (Wildman–Crippen LogP) is 2.37. The van der Waals surface area contributed by atoms with E-state index in [0.717, 1.165) is 0 Å². The zero-order chi connectivity index (χ0) is 14.0. The molecule has 1 unspecified atom stereocenters. The molecule has 0 fully saturated rings. The Balaban J connectivity index is 4.00. The molecule has 104 valence electrons. The number of carbonyl (C=O) groups excluding carboxylic acids is 3. The normalized spacial score (nSPS) is 11.7. The Labute approximate surface area is 108 Å². The molecule has 0 spiro atoms. The van der Waals surface area contributed by atoms with E-state index < -0.39 is 12.3 Å². The number of ether oxygens (including phenoxy) is 2. The molecule has 0 aromatic heterocycles. The summed E-state index contributed by atoms with van der Waals surface area (Å²) >= 11 is 0. The first-order chi connectivity index (χ1) is 8.53. The zero-order valence-electron chi connectivity index (χ0n) is 11.4. The van der Waals surface area contributed by atoms with Gasteiger partial charge in [-0.2, -0.15) is 0 Å². The van der Waals surface area contributed by atoms with Gasteiger partial charge in [0.05, 0.1) is 6.42 Å². The summed E-state index contributed by atoms with van der Waals surface area (Å²) in [5.74, 6) is -0.863. The van der Waals surface area contributed by atoms with Gasteiger partial charge in [0.2, 0.25) is 6.29 Å². The van der Waals surface area contributed by atoms with Crippen molar-refractivity contribution in [2.45, 2.75) is 65.6 Å².